The Kier molecular flexibility index (Phi) is 4.78. The summed E-state index contributed by atoms with van der Waals surface area (Å²) in [7, 11) is 0. The lowest BCUT2D eigenvalue weighted by molar-refractivity contribution is -0.137. The highest BCUT2D eigenvalue weighted by Gasteiger charge is 2.31. The summed E-state index contributed by atoms with van der Waals surface area (Å²) in [4.78, 5) is 0. The number of anilines is 1. The van der Waals surface area contributed by atoms with Crippen molar-refractivity contribution in [2.24, 2.45) is 0 Å². The molecular weight excluding hydrogens is 374 g/mol. The lowest BCUT2D eigenvalue weighted by Crippen LogP contribution is -2.07. The lowest BCUT2D eigenvalue weighted by atomic mass is 10.1. The SMILES string of the molecule is Fc1cccc(CNc2cc(Cl)cc(C(F)(F)F)c2)c1Br. The van der Waals surface area contributed by atoms with Gasteiger partial charge >= 0.3 is 6.18 Å². The fourth-order valence-electron chi connectivity index (χ4n) is 1.74. The first-order valence-corrected chi connectivity index (χ1v) is 6.99. The summed E-state index contributed by atoms with van der Waals surface area (Å²) in [5.41, 5.74) is -0.0367. The van der Waals surface area contributed by atoms with Crippen LogP contribution in [0.4, 0.5) is 23.2 Å². The van der Waals surface area contributed by atoms with Crippen LogP contribution < -0.4 is 5.32 Å². The molecule has 7 heteroatoms. The normalized spacial score (nSPS) is 11.5. The molecule has 0 fully saturated rings. The van der Waals surface area contributed by atoms with Crippen molar-refractivity contribution in [3.63, 3.8) is 0 Å². The van der Waals surface area contributed by atoms with Crippen LogP contribution in [0.5, 0.6) is 0 Å². The highest BCUT2D eigenvalue weighted by Crippen LogP contribution is 2.33. The summed E-state index contributed by atoms with van der Waals surface area (Å²) >= 11 is 8.78. The van der Waals surface area contributed by atoms with Crippen molar-refractivity contribution < 1.29 is 17.6 Å². The third-order valence-corrected chi connectivity index (χ3v) is 3.85. The van der Waals surface area contributed by atoms with Crippen LogP contribution in [0.25, 0.3) is 0 Å². The molecule has 0 heterocycles. The smallest absolute Gasteiger partial charge is 0.381 e. The van der Waals surface area contributed by atoms with E-state index in [-0.39, 0.29) is 21.7 Å². The van der Waals surface area contributed by atoms with Crippen LogP contribution in [0.1, 0.15) is 11.1 Å². The molecule has 0 spiro atoms. The van der Waals surface area contributed by atoms with Crippen molar-refractivity contribution in [1.29, 1.82) is 0 Å². The summed E-state index contributed by atoms with van der Waals surface area (Å²) < 4.78 is 51.7. The van der Waals surface area contributed by atoms with Gasteiger partial charge in [-0.2, -0.15) is 13.2 Å². The molecule has 0 radical (unpaired) electrons. The molecule has 2 aromatic carbocycles. The molecular formula is C14H9BrClF4N. The Labute approximate surface area is 132 Å². The van der Waals surface area contributed by atoms with Crippen LogP contribution >= 0.6 is 27.5 Å². The second-order valence-corrected chi connectivity index (χ2v) is 5.52. The van der Waals surface area contributed by atoms with Gasteiger partial charge in [0, 0.05) is 17.3 Å². The summed E-state index contributed by atoms with van der Waals surface area (Å²) in [6.07, 6.45) is -4.47. The van der Waals surface area contributed by atoms with E-state index in [4.69, 9.17) is 11.6 Å². The molecule has 0 amide bonds. The second kappa shape index (κ2) is 6.23. The zero-order valence-electron chi connectivity index (χ0n) is 10.4. The van der Waals surface area contributed by atoms with Gasteiger partial charge in [-0.15, -0.1) is 0 Å². The summed E-state index contributed by atoms with van der Waals surface area (Å²) in [5.74, 6) is -0.434. The van der Waals surface area contributed by atoms with Gasteiger partial charge < -0.3 is 5.32 Å². The van der Waals surface area contributed by atoms with Gasteiger partial charge in [0.05, 0.1) is 10.0 Å². The average molecular weight is 383 g/mol. The Bertz CT molecular complexity index is 658. The first-order valence-electron chi connectivity index (χ1n) is 5.82. The van der Waals surface area contributed by atoms with Gasteiger partial charge in [-0.1, -0.05) is 23.7 Å². The Morgan fingerprint density at radius 2 is 1.86 bits per heavy atom. The predicted molar refractivity (Wildman–Crippen MR) is 77.9 cm³/mol. The number of hydrogen-bond donors (Lipinski definition) is 1. The van der Waals surface area contributed by atoms with Crippen molar-refractivity contribution in [2.45, 2.75) is 12.7 Å². The van der Waals surface area contributed by atoms with E-state index in [0.717, 1.165) is 12.1 Å². The van der Waals surface area contributed by atoms with Gasteiger partial charge in [0.25, 0.3) is 0 Å². The van der Waals surface area contributed by atoms with E-state index in [9.17, 15) is 17.6 Å². The largest absolute Gasteiger partial charge is 0.416 e. The quantitative estimate of drug-likeness (QED) is 0.654. The van der Waals surface area contributed by atoms with Crippen LogP contribution in [0, 0.1) is 5.82 Å². The predicted octanol–water partition coefficient (Wildman–Crippen LogP) is 5.87. The number of halogens is 6. The maximum absolute atomic E-state index is 13.3. The van der Waals surface area contributed by atoms with Crippen LogP contribution in [0.15, 0.2) is 40.9 Å². The minimum absolute atomic E-state index is 0.0226. The van der Waals surface area contributed by atoms with Gasteiger partial charge in [0.2, 0.25) is 0 Å². The van der Waals surface area contributed by atoms with Crippen molar-refractivity contribution >= 4 is 33.2 Å². The number of rotatable bonds is 3. The number of hydrogen-bond acceptors (Lipinski definition) is 1. The van der Waals surface area contributed by atoms with E-state index >= 15 is 0 Å². The molecule has 2 aromatic rings. The summed E-state index contributed by atoms with van der Waals surface area (Å²) in [6.45, 7) is 0.163. The van der Waals surface area contributed by atoms with E-state index < -0.39 is 17.6 Å². The maximum Gasteiger partial charge on any atom is 0.416 e. The third-order valence-electron chi connectivity index (χ3n) is 2.74. The topological polar surface area (TPSA) is 12.0 Å². The molecule has 0 aliphatic heterocycles. The number of benzene rings is 2. The summed E-state index contributed by atoms with van der Waals surface area (Å²) in [5, 5.41) is 2.78. The molecule has 0 saturated carbocycles. The fourth-order valence-corrected chi connectivity index (χ4v) is 2.38. The van der Waals surface area contributed by atoms with E-state index in [0.29, 0.717) is 5.56 Å². The zero-order chi connectivity index (χ0) is 15.6. The summed E-state index contributed by atoms with van der Waals surface area (Å²) in [6, 6.07) is 7.66. The number of alkyl halides is 3. The highest BCUT2D eigenvalue weighted by molar-refractivity contribution is 9.10. The van der Waals surface area contributed by atoms with Crippen molar-refractivity contribution in [2.75, 3.05) is 5.32 Å². The molecule has 112 valence electrons. The van der Waals surface area contributed by atoms with E-state index in [1.54, 1.807) is 6.07 Å². The van der Waals surface area contributed by atoms with E-state index in [1.165, 1.54) is 18.2 Å². The van der Waals surface area contributed by atoms with E-state index in [1.807, 2.05) is 0 Å². The second-order valence-electron chi connectivity index (χ2n) is 4.29. The molecule has 0 saturated heterocycles. The molecule has 0 bridgehead atoms. The third kappa shape index (κ3) is 4.11. The standard InChI is InChI=1S/C14H9BrClF4N/c15-13-8(2-1-3-12(13)17)7-21-11-5-9(14(18,19)20)4-10(16)6-11/h1-6,21H,7H2. The molecule has 0 atom stereocenters. The first-order chi connectivity index (χ1) is 9.77. The van der Waals surface area contributed by atoms with Crippen LogP contribution in [-0.2, 0) is 12.7 Å². The molecule has 1 N–H and O–H groups in total. The van der Waals surface area contributed by atoms with Crippen molar-refractivity contribution in [1.82, 2.24) is 0 Å². The minimum Gasteiger partial charge on any atom is -0.381 e. The molecule has 0 aromatic heterocycles. The Morgan fingerprint density at radius 1 is 1.14 bits per heavy atom. The van der Waals surface area contributed by atoms with Gasteiger partial charge in [0.1, 0.15) is 5.82 Å². The van der Waals surface area contributed by atoms with Crippen LogP contribution in [0.3, 0.4) is 0 Å². The minimum atomic E-state index is -4.47. The number of nitrogens with one attached hydrogen (secondary N) is 1. The fraction of sp³-hybridized carbons (Fsp3) is 0.143. The van der Waals surface area contributed by atoms with Crippen molar-refractivity contribution in [3.05, 3.63) is 62.8 Å². The molecule has 0 unspecified atom stereocenters. The van der Waals surface area contributed by atoms with Gasteiger partial charge in [-0.3, -0.25) is 0 Å². The zero-order valence-corrected chi connectivity index (χ0v) is 12.8. The average Bonchev–Trinajstić information content (AvgIpc) is 2.39. The Morgan fingerprint density at radius 3 is 2.52 bits per heavy atom. The van der Waals surface area contributed by atoms with E-state index in [2.05, 4.69) is 21.2 Å². The molecule has 2 rings (SSSR count). The van der Waals surface area contributed by atoms with Gasteiger partial charge in [-0.25, -0.2) is 4.39 Å². The Hall–Kier alpha value is -1.27. The van der Waals surface area contributed by atoms with Crippen molar-refractivity contribution in [3.8, 4) is 0 Å². The van der Waals surface area contributed by atoms with Crippen LogP contribution in [0.2, 0.25) is 5.02 Å². The lowest BCUT2D eigenvalue weighted by Gasteiger charge is -2.12. The van der Waals surface area contributed by atoms with Gasteiger partial charge in [0.15, 0.2) is 0 Å². The molecule has 21 heavy (non-hydrogen) atoms. The highest BCUT2D eigenvalue weighted by atomic mass is 79.9. The molecule has 0 aliphatic rings. The first kappa shape index (κ1) is 16.1. The van der Waals surface area contributed by atoms with Crippen LogP contribution in [-0.4, -0.2) is 0 Å². The molecule has 1 nitrogen and oxygen atoms in total. The maximum atomic E-state index is 13.3. The molecule has 0 aliphatic carbocycles. The Balaban J connectivity index is 2.21. The van der Waals surface area contributed by atoms with Gasteiger partial charge in [-0.05, 0) is 45.8 Å². The monoisotopic (exact) mass is 381 g/mol.